The van der Waals surface area contributed by atoms with E-state index >= 15 is 0 Å². The standard InChI is InChI=1S/C20H16F3N5O2/c21-20(22,23)14-3-1-2-12(6-14)13-7-16-19(26-9-13)27-17(8-18(29)30)28(16)11-15-10-24-4-5-25-15/h1-7,9-10,17H,8,11H2,(H,26,27)(H,29,30). The summed E-state index contributed by atoms with van der Waals surface area (Å²) in [6.07, 6.45) is 0.862. The lowest BCUT2D eigenvalue weighted by atomic mass is 10.0. The summed E-state index contributed by atoms with van der Waals surface area (Å²) in [5.41, 5.74) is 1.30. The van der Waals surface area contributed by atoms with Crippen LogP contribution in [0.3, 0.4) is 0 Å². The van der Waals surface area contributed by atoms with Crippen LogP contribution in [-0.2, 0) is 17.5 Å². The fourth-order valence-electron chi connectivity index (χ4n) is 3.33. The molecule has 7 nitrogen and oxygen atoms in total. The minimum absolute atomic E-state index is 0.199. The molecule has 1 aliphatic heterocycles. The lowest BCUT2D eigenvalue weighted by Crippen LogP contribution is -2.37. The van der Waals surface area contributed by atoms with Crippen LogP contribution in [0.1, 0.15) is 17.7 Å². The van der Waals surface area contributed by atoms with E-state index in [0.29, 0.717) is 28.3 Å². The third kappa shape index (κ3) is 4.02. The van der Waals surface area contributed by atoms with E-state index in [0.717, 1.165) is 12.1 Å². The molecule has 2 N–H and O–H groups in total. The molecule has 0 amide bonds. The molecule has 1 atom stereocenters. The second-order valence-corrected chi connectivity index (χ2v) is 6.75. The number of nitrogens with zero attached hydrogens (tertiary/aromatic N) is 4. The predicted molar refractivity (Wildman–Crippen MR) is 103 cm³/mol. The predicted octanol–water partition coefficient (Wildman–Crippen LogP) is 3.79. The molecule has 0 aliphatic carbocycles. The second kappa shape index (κ2) is 7.62. The van der Waals surface area contributed by atoms with Gasteiger partial charge in [0.05, 0.1) is 36.1 Å². The smallest absolute Gasteiger partial charge is 0.416 e. The summed E-state index contributed by atoms with van der Waals surface area (Å²) in [5, 5.41) is 12.3. The third-order valence-electron chi connectivity index (χ3n) is 4.70. The van der Waals surface area contributed by atoms with Gasteiger partial charge in [-0.1, -0.05) is 12.1 Å². The van der Waals surface area contributed by atoms with Crippen molar-refractivity contribution in [1.82, 2.24) is 15.0 Å². The summed E-state index contributed by atoms with van der Waals surface area (Å²) in [7, 11) is 0. The lowest BCUT2D eigenvalue weighted by Gasteiger charge is -2.25. The van der Waals surface area contributed by atoms with E-state index in [2.05, 4.69) is 20.3 Å². The maximum atomic E-state index is 13.1. The summed E-state index contributed by atoms with van der Waals surface area (Å²) < 4.78 is 39.2. The van der Waals surface area contributed by atoms with E-state index < -0.39 is 23.9 Å². The highest BCUT2D eigenvalue weighted by atomic mass is 19.4. The number of halogens is 3. The van der Waals surface area contributed by atoms with Gasteiger partial charge in [0, 0.05) is 24.2 Å². The molecular formula is C20H16F3N5O2. The molecule has 0 fully saturated rings. The molecule has 0 radical (unpaired) electrons. The zero-order valence-electron chi connectivity index (χ0n) is 15.5. The Kier molecular flexibility index (Phi) is 4.98. The molecule has 154 valence electrons. The van der Waals surface area contributed by atoms with Crippen molar-refractivity contribution in [2.45, 2.75) is 25.3 Å². The summed E-state index contributed by atoms with van der Waals surface area (Å²) in [6, 6.07) is 6.68. The number of benzene rings is 1. The number of carboxylic acid groups (broad SMARTS) is 1. The highest BCUT2D eigenvalue weighted by Gasteiger charge is 2.33. The van der Waals surface area contributed by atoms with E-state index in [1.807, 2.05) is 0 Å². The number of fused-ring (bicyclic) bond motifs is 1. The Bertz CT molecular complexity index is 1080. The molecule has 1 aliphatic rings. The van der Waals surface area contributed by atoms with Gasteiger partial charge in [-0.3, -0.25) is 14.8 Å². The highest BCUT2D eigenvalue weighted by molar-refractivity contribution is 5.80. The molecule has 1 unspecified atom stereocenters. The summed E-state index contributed by atoms with van der Waals surface area (Å²) >= 11 is 0. The number of pyridine rings is 1. The first-order valence-electron chi connectivity index (χ1n) is 8.99. The van der Waals surface area contributed by atoms with Crippen molar-refractivity contribution in [2.75, 3.05) is 10.2 Å². The first-order chi connectivity index (χ1) is 14.3. The number of rotatable bonds is 5. The maximum Gasteiger partial charge on any atom is 0.416 e. The number of hydrogen-bond donors (Lipinski definition) is 2. The largest absolute Gasteiger partial charge is 0.481 e. The average molecular weight is 415 g/mol. The van der Waals surface area contributed by atoms with Crippen molar-refractivity contribution in [2.24, 2.45) is 0 Å². The van der Waals surface area contributed by atoms with Crippen LogP contribution in [-0.4, -0.2) is 32.2 Å². The number of hydrogen-bond acceptors (Lipinski definition) is 6. The molecule has 0 saturated heterocycles. The fourth-order valence-corrected chi connectivity index (χ4v) is 3.33. The molecular weight excluding hydrogens is 399 g/mol. The Morgan fingerprint density at radius 2 is 1.97 bits per heavy atom. The van der Waals surface area contributed by atoms with E-state index in [1.54, 1.807) is 23.2 Å². The van der Waals surface area contributed by atoms with Gasteiger partial charge >= 0.3 is 12.1 Å². The fraction of sp³-hybridized carbons (Fsp3) is 0.200. The molecule has 4 rings (SSSR count). The van der Waals surface area contributed by atoms with Crippen LogP contribution in [0.5, 0.6) is 0 Å². The van der Waals surface area contributed by atoms with Gasteiger partial charge in [0.1, 0.15) is 6.17 Å². The molecule has 0 saturated carbocycles. The number of carboxylic acids is 1. The minimum Gasteiger partial charge on any atom is -0.481 e. The second-order valence-electron chi connectivity index (χ2n) is 6.75. The highest BCUT2D eigenvalue weighted by Crippen LogP contribution is 2.39. The Morgan fingerprint density at radius 3 is 2.67 bits per heavy atom. The van der Waals surface area contributed by atoms with Crippen molar-refractivity contribution >= 4 is 17.5 Å². The molecule has 10 heteroatoms. The third-order valence-corrected chi connectivity index (χ3v) is 4.70. The van der Waals surface area contributed by atoms with E-state index in [9.17, 15) is 23.1 Å². The zero-order chi connectivity index (χ0) is 21.3. The van der Waals surface area contributed by atoms with E-state index in [1.165, 1.54) is 24.7 Å². The molecule has 30 heavy (non-hydrogen) atoms. The van der Waals surface area contributed by atoms with Crippen LogP contribution in [0.25, 0.3) is 11.1 Å². The number of nitrogens with one attached hydrogen (secondary N) is 1. The monoisotopic (exact) mass is 415 g/mol. The van der Waals surface area contributed by atoms with Crippen LogP contribution in [0, 0.1) is 0 Å². The van der Waals surface area contributed by atoms with Gasteiger partial charge in [-0.2, -0.15) is 13.2 Å². The van der Waals surface area contributed by atoms with Gasteiger partial charge in [-0.25, -0.2) is 4.98 Å². The van der Waals surface area contributed by atoms with Gasteiger partial charge < -0.3 is 15.3 Å². The summed E-state index contributed by atoms with van der Waals surface area (Å²) in [4.78, 5) is 25.6. The van der Waals surface area contributed by atoms with Crippen LogP contribution in [0.2, 0.25) is 0 Å². The van der Waals surface area contributed by atoms with E-state index in [-0.39, 0.29) is 13.0 Å². The topological polar surface area (TPSA) is 91.2 Å². The summed E-state index contributed by atoms with van der Waals surface area (Å²) in [6.45, 7) is 0.263. The van der Waals surface area contributed by atoms with Gasteiger partial charge in [-0.05, 0) is 23.8 Å². The Hall–Kier alpha value is -3.69. The van der Waals surface area contributed by atoms with Gasteiger partial charge in [-0.15, -0.1) is 0 Å². The number of aliphatic carboxylic acids is 1. The van der Waals surface area contributed by atoms with Crippen LogP contribution in [0.15, 0.2) is 55.1 Å². The molecule has 1 aromatic carbocycles. The molecule has 0 bridgehead atoms. The van der Waals surface area contributed by atoms with Gasteiger partial charge in [0.2, 0.25) is 0 Å². The zero-order valence-corrected chi connectivity index (χ0v) is 15.5. The quantitative estimate of drug-likeness (QED) is 0.655. The first kappa shape index (κ1) is 19.6. The lowest BCUT2D eigenvalue weighted by molar-refractivity contribution is -0.138. The molecule has 3 heterocycles. The molecule has 2 aromatic heterocycles. The SMILES string of the molecule is O=C(O)CC1Nc2ncc(-c3cccc(C(F)(F)F)c3)cc2N1Cc1cnccn1. The van der Waals surface area contributed by atoms with Crippen molar-refractivity contribution in [1.29, 1.82) is 0 Å². The van der Waals surface area contributed by atoms with Crippen LogP contribution >= 0.6 is 0 Å². The maximum absolute atomic E-state index is 13.1. The number of carbonyl (C=O) groups is 1. The van der Waals surface area contributed by atoms with Crippen LogP contribution < -0.4 is 10.2 Å². The van der Waals surface area contributed by atoms with Gasteiger partial charge in [0.15, 0.2) is 5.82 Å². The number of anilines is 2. The Balaban J connectivity index is 1.72. The van der Waals surface area contributed by atoms with Crippen molar-refractivity contribution < 1.29 is 23.1 Å². The van der Waals surface area contributed by atoms with Crippen molar-refractivity contribution in [3.63, 3.8) is 0 Å². The normalized spacial score (nSPS) is 15.6. The Morgan fingerprint density at radius 1 is 1.13 bits per heavy atom. The molecule has 0 spiro atoms. The van der Waals surface area contributed by atoms with Crippen LogP contribution in [0.4, 0.5) is 24.7 Å². The first-order valence-corrected chi connectivity index (χ1v) is 8.99. The average Bonchev–Trinajstić information content (AvgIpc) is 3.04. The number of aromatic nitrogens is 3. The number of alkyl halides is 3. The Labute approximate surface area is 169 Å². The molecule has 3 aromatic rings. The van der Waals surface area contributed by atoms with Crippen molar-refractivity contribution in [3.05, 3.63) is 66.4 Å². The summed E-state index contributed by atoms with van der Waals surface area (Å²) in [5.74, 6) is -0.538. The minimum atomic E-state index is -4.45. The van der Waals surface area contributed by atoms with E-state index in [4.69, 9.17) is 0 Å². The van der Waals surface area contributed by atoms with Crippen molar-refractivity contribution in [3.8, 4) is 11.1 Å². The van der Waals surface area contributed by atoms with Gasteiger partial charge in [0.25, 0.3) is 0 Å².